The number of rotatable bonds is 3. The lowest BCUT2D eigenvalue weighted by Crippen LogP contribution is -2.46. The molecule has 4 heteroatoms. The van der Waals surface area contributed by atoms with Crippen molar-refractivity contribution in [3.63, 3.8) is 0 Å². The van der Waals surface area contributed by atoms with Gasteiger partial charge in [0, 0.05) is 19.1 Å². The molecule has 4 nitrogen and oxygen atoms in total. The smallest absolute Gasteiger partial charge is 0.334 e. The molecule has 0 spiro atoms. The summed E-state index contributed by atoms with van der Waals surface area (Å²) in [5.74, 6) is -0.880. The van der Waals surface area contributed by atoms with E-state index in [2.05, 4.69) is 56.9 Å². The van der Waals surface area contributed by atoms with Crippen LogP contribution >= 0.6 is 0 Å². The minimum atomic E-state index is -0.880. The Morgan fingerprint density at radius 1 is 1.33 bits per heavy atom. The molecule has 0 aromatic heterocycles. The SMILES string of the molecule is C[C@@H](c1ccc(C(C)(C)C)cc1)N1CCO[C@@H](C(=O)O)C1. The molecule has 116 valence electrons. The third kappa shape index (κ3) is 3.83. The van der Waals surface area contributed by atoms with Crippen molar-refractivity contribution in [2.75, 3.05) is 19.7 Å². The van der Waals surface area contributed by atoms with Crippen LogP contribution < -0.4 is 0 Å². The number of nitrogens with zero attached hydrogens (tertiary/aromatic N) is 1. The van der Waals surface area contributed by atoms with Crippen molar-refractivity contribution in [3.8, 4) is 0 Å². The molecule has 1 aromatic carbocycles. The largest absolute Gasteiger partial charge is 0.479 e. The van der Waals surface area contributed by atoms with E-state index in [-0.39, 0.29) is 11.5 Å². The lowest BCUT2D eigenvalue weighted by Gasteiger charge is -2.35. The van der Waals surface area contributed by atoms with E-state index in [1.54, 1.807) is 0 Å². The summed E-state index contributed by atoms with van der Waals surface area (Å²) >= 11 is 0. The second-order valence-electron chi connectivity index (χ2n) is 6.74. The first-order valence-corrected chi connectivity index (χ1v) is 7.48. The average molecular weight is 291 g/mol. The van der Waals surface area contributed by atoms with Crippen molar-refractivity contribution in [1.82, 2.24) is 4.90 Å². The number of carbonyl (C=O) groups is 1. The molecular weight excluding hydrogens is 266 g/mol. The van der Waals surface area contributed by atoms with Gasteiger partial charge in [-0.1, -0.05) is 45.0 Å². The van der Waals surface area contributed by atoms with E-state index < -0.39 is 12.1 Å². The van der Waals surface area contributed by atoms with Crippen molar-refractivity contribution >= 4 is 5.97 Å². The molecule has 21 heavy (non-hydrogen) atoms. The summed E-state index contributed by atoms with van der Waals surface area (Å²) in [7, 11) is 0. The standard InChI is InChI=1S/C17H25NO3/c1-12(18-9-10-21-15(11-18)16(19)20)13-5-7-14(8-6-13)17(2,3)4/h5-8,12,15H,9-11H2,1-4H3,(H,19,20)/t12-,15+/m0/s1. The van der Waals surface area contributed by atoms with E-state index in [9.17, 15) is 4.79 Å². The lowest BCUT2D eigenvalue weighted by atomic mass is 9.86. The molecule has 2 atom stereocenters. The predicted octanol–water partition coefficient (Wildman–Crippen LogP) is 2.83. The van der Waals surface area contributed by atoms with Crippen LogP contribution in [0.2, 0.25) is 0 Å². The van der Waals surface area contributed by atoms with Gasteiger partial charge in [-0.3, -0.25) is 4.90 Å². The number of hydrogen-bond donors (Lipinski definition) is 1. The summed E-state index contributed by atoms with van der Waals surface area (Å²) in [6, 6.07) is 8.83. The summed E-state index contributed by atoms with van der Waals surface area (Å²) in [5, 5.41) is 9.08. The first-order chi connectivity index (χ1) is 9.79. The highest BCUT2D eigenvalue weighted by Gasteiger charge is 2.29. The number of benzene rings is 1. The summed E-state index contributed by atoms with van der Waals surface area (Å²) in [5.41, 5.74) is 2.67. The van der Waals surface area contributed by atoms with E-state index in [1.165, 1.54) is 11.1 Å². The number of carboxylic acid groups (broad SMARTS) is 1. The minimum absolute atomic E-state index is 0.148. The van der Waals surface area contributed by atoms with Gasteiger partial charge >= 0.3 is 5.97 Å². The second kappa shape index (κ2) is 6.16. The topological polar surface area (TPSA) is 49.8 Å². The van der Waals surface area contributed by atoms with Gasteiger partial charge < -0.3 is 9.84 Å². The van der Waals surface area contributed by atoms with Gasteiger partial charge in [0.2, 0.25) is 0 Å². The molecule has 0 amide bonds. The fraction of sp³-hybridized carbons (Fsp3) is 0.588. The van der Waals surface area contributed by atoms with Gasteiger partial charge in [0.25, 0.3) is 0 Å². The summed E-state index contributed by atoms with van der Waals surface area (Å²) in [4.78, 5) is 13.2. The second-order valence-corrected chi connectivity index (χ2v) is 6.74. The van der Waals surface area contributed by atoms with Gasteiger partial charge in [-0.25, -0.2) is 4.79 Å². The van der Waals surface area contributed by atoms with Crippen LogP contribution in [0.1, 0.15) is 44.9 Å². The molecule has 0 unspecified atom stereocenters. The van der Waals surface area contributed by atoms with E-state index in [4.69, 9.17) is 9.84 Å². The van der Waals surface area contributed by atoms with Crippen LogP contribution in [0.5, 0.6) is 0 Å². The Morgan fingerprint density at radius 2 is 1.95 bits per heavy atom. The highest BCUT2D eigenvalue weighted by Crippen LogP contribution is 2.27. The van der Waals surface area contributed by atoms with Gasteiger partial charge in [0.1, 0.15) is 0 Å². The maximum Gasteiger partial charge on any atom is 0.334 e. The summed E-state index contributed by atoms with van der Waals surface area (Å²) in [6.45, 7) is 10.4. The maximum absolute atomic E-state index is 11.1. The van der Waals surface area contributed by atoms with E-state index >= 15 is 0 Å². The average Bonchev–Trinajstić information content (AvgIpc) is 2.46. The number of aliphatic carboxylic acids is 1. The first kappa shape index (κ1) is 16.0. The molecular formula is C17H25NO3. The van der Waals surface area contributed by atoms with Crippen molar-refractivity contribution in [2.24, 2.45) is 0 Å². The van der Waals surface area contributed by atoms with Crippen molar-refractivity contribution in [2.45, 2.75) is 45.3 Å². The monoisotopic (exact) mass is 291 g/mol. The molecule has 1 saturated heterocycles. The van der Waals surface area contributed by atoms with Gasteiger partial charge in [0.15, 0.2) is 6.10 Å². The van der Waals surface area contributed by atoms with Gasteiger partial charge in [-0.05, 0) is 23.5 Å². The Morgan fingerprint density at radius 3 is 2.48 bits per heavy atom. The van der Waals surface area contributed by atoms with Crippen LogP contribution in [0.25, 0.3) is 0 Å². The number of carboxylic acids is 1. The summed E-state index contributed by atoms with van der Waals surface area (Å²) in [6.07, 6.45) is -0.713. The Kier molecular flexibility index (Phi) is 4.69. The Bertz CT molecular complexity index is 490. The molecule has 1 aliphatic rings. The third-order valence-electron chi connectivity index (χ3n) is 4.18. The van der Waals surface area contributed by atoms with E-state index in [1.807, 2.05) is 0 Å². The highest BCUT2D eigenvalue weighted by atomic mass is 16.5. The molecule has 1 heterocycles. The maximum atomic E-state index is 11.1. The molecule has 2 rings (SSSR count). The summed E-state index contributed by atoms with van der Waals surface area (Å²) < 4.78 is 5.28. The zero-order valence-corrected chi connectivity index (χ0v) is 13.3. The van der Waals surface area contributed by atoms with Gasteiger partial charge in [-0.15, -0.1) is 0 Å². The Hall–Kier alpha value is -1.39. The molecule has 1 aliphatic heterocycles. The third-order valence-corrected chi connectivity index (χ3v) is 4.18. The van der Waals surface area contributed by atoms with E-state index in [0.717, 1.165) is 6.54 Å². The van der Waals surface area contributed by atoms with Crippen molar-refractivity contribution < 1.29 is 14.6 Å². The Labute approximate surface area is 126 Å². The quantitative estimate of drug-likeness (QED) is 0.930. The fourth-order valence-corrected chi connectivity index (χ4v) is 2.64. The molecule has 1 fully saturated rings. The molecule has 0 radical (unpaired) electrons. The molecule has 0 saturated carbocycles. The van der Waals surface area contributed by atoms with Gasteiger partial charge in [-0.2, -0.15) is 0 Å². The zero-order valence-electron chi connectivity index (χ0n) is 13.3. The van der Waals surface area contributed by atoms with E-state index in [0.29, 0.717) is 13.2 Å². The number of ether oxygens (including phenoxy) is 1. The Balaban J connectivity index is 2.09. The van der Waals surface area contributed by atoms with Crippen molar-refractivity contribution in [1.29, 1.82) is 0 Å². The van der Waals surface area contributed by atoms with Gasteiger partial charge in [0.05, 0.1) is 6.61 Å². The lowest BCUT2D eigenvalue weighted by molar-refractivity contribution is -0.157. The van der Waals surface area contributed by atoms with Crippen LogP contribution in [0.4, 0.5) is 0 Å². The van der Waals surface area contributed by atoms with Crippen molar-refractivity contribution in [3.05, 3.63) is 35.4 Å². The van der Waals surface area contributed by atoms with Crippen LogP contribution in [-0.2, 0) is 14.9 Å². The molecule has 0 aliphatic carbocycles. The zero-order chi connectivity index (χ0) is 15.6. The van der Waals surface area contributed by atoms with Crippen LogP contribution in [0, 0.1) is 0 Å². The predicted molar refractivity (Wildman–Crippen MR) is 82.5 cm³/mol. The van der Waals surface area contributed by atoms with Crippen LogP contribution in [0.15, 0.2) is 24.3 Å². The molecule has 1 N–H and O–H groups in total. The molecule has 1 aromatic rings. The fourth-order valence-electron chi connectivity index (χ4n) is 2.64. The first-order valence-electron chi connectivity index (χ1n) is 7.48. The highest BCUT2D eigenvalue weighted by molar-refractivity contribution is 5.72. The number of hydrogen-bond acceptors (Lipinski definition) is 3. The number of morpholine rings is 1. The molecule has 0 bridgehead atoms. The van der Waals surface area contributed by atoms with Crippen LogP contribution in [-0.4, -0.2) is 41.8 Å². The normalized spacial score (nSPS) is 22.0. The van der Waals surface area contributed by atoms with Crippen LogP contribution in [0.3, 0.4) is 0 Å². The minimum Gasteiger partial charge on any atom is -0.479 e.